The van der Waals surface area contributed by atoms with Crippen LogP contribution in [0.1, 0.15) is 12.8 Å². The van der Waals surface area contributed by atoms with Crippen LogP contribution in [0.15, 0.2) is 24.3 Å². The molecule has 1 unspecified atom stereocenters. The highest BCUT2D eigenvalue weighted by Crippen LogP contribution is 2.25. The second-order valence-electron chi connectivity index (χ2n) is 4.00. The molecule has 0 radical (unpaired) electrons. The van der Waals surface area contributed by atoms with Crippen molar-refractivity contribution in [3.63, 3.8) is 0 Å². The van der Waals surface area contributed by atoms with Gasteiger partial charge in [0.05, 0.1) is 24.8 Å². The molecule has 1 aromatic rings. The van der Waals surface area contributed by atoms with Gasteiger partial charge in [-0.25, -0.2) is 9.18 Å². The van der Waals surface area contributed by atoms with Gasteiger partial charge in [0.25, 0.3) is 0 Å². The summed E-state index contributed by atoms with van der Waals surface area (Å²) >= 11 is 0. The van der Waals surface area contributed by atoms with Crippen LogP contribution in [0.25, 0.3) is 0 Å². The molecule has 1 aliphatic heterocycles. The maximum Gasteiger partial charge on any atom is 0.414 e. The number of halogens is 1. The zero-order valence-corrected chi connectivity index (χ0v) is 9.51. The number of cyclic esters (lactones) is 1. The molecule has 0 saturated carbocycles. The number of ether oxygens (including phenoxy) is 1. The molecule has 0 aliphatic carbocycles. The third-order valence-corrected chi connectivity index (χ3v) is 2.74. The Morgan fingerprint density at radius 2 is 2.33 bits per heavy atom. The molecule has 0 spiro atoms. The number of benzene rings is 1. The fourth-order valence-electron chi connectivity index (χ4n) is 1.97. The van der Waals surface area contributed by atoms with Crippen molar-refractivity contribution in [2.75, 3.05) is 11.5 Å². The number of carboxylic acid groups (broad SMARTS) is 1. The standard InChI is InChI=1S/C12H12FNO4/c13-8-2-1-3-9(6-8)14-10(7-11(15)16)4-5-18-12(14)17/h1-3,6,10H,4-5,7H2,(H,15,16). The number of rotatable bonds is 3. The molecule has 6 heteroatoms. The molecule has 1 aliphatic rings. The molecular formula is C12H12FNO4. The van der Waals surface area contributed by atoms with Gasteiger partial charge in [0.15, 0.2) is 0 Å². The third-order valence-electron chi connectivity index (χ3n) is 2.74. The molecule has 1 fully saturated rings. The summed E-state index contributed by atoms with van der Waals surface area (Å²) in [5, 5.41) is 8.82. The Morgan fingerprint density at radius 3 is 3.00 bits per heavy atom. The summed E-state index contributed by atoms with van der Waals surface area (Å²) in [5.74, 6) is -1.49. The van der Waals surface area contributed by atoms with Crippen LogP contribution in [-0.4, -0.2) is 29.8 Å². The minimum Gasteiger partial charge on any atom is -0.481 e. The molecule has 1 N–H and O–H groups in total. The molecule has 1 heterocycles. The Kier molecular flexibility index (Phi) is 3.45. The second kappa shape index (κ2) is 5.03. The number of anilines is 1. The predicted octanol–water partition coefficient (Wildman–Crippen LogP) is 2.02. The molecule has 1 saturated heterocycles. The molecule has 1 amide bonds. The van der Waals surface area contributed by atoms with E-state index in [1.807, 2.05) is 0 Å². The number of carbonyl (C=O) groups is 2. The molecule has 1 atom stereocenters. The third kappa shape index (κ3) is 2.58. The molecule has 0 aromatic heterocycles. The number of hydrogen-bond acceptors (Lipinski definition) is 3. The van der Waals surface area contributed by atoms with E-state index < -0.39 is 23.9 Å². The van der Waals surface area contributed by atoms with Crippen molar-refractivity contribution >= 4 is 17.7 Å². The van der Waals surface area contributed by atoms with E-state index in [0.717, 1.165) is 0 Å². The highest BCUT2D eigenvalue weighted by Gasteiger charge is 2.32. The van der Waals surface area contributed by atoms with E-state index in [9.17, 15) is 14.0 Å². The van der Waals surface area contributed by atoms with Crippen LogP contribution in [0.3, 0.4) is 0 Å². The first-order chi connectivity index (χ1) is 8.58. The Bertz CT molecular complexity index is 477. The number of hydrogen-bond donors (Lipinski definition) is 1. The Balaban J connectivity index is 2.29. The predicted molar refractivity (Wildman–Crippen MR) is 60.9 cm³/mol. The van der Waals surface area contributed by atoms with Crippen LogP contribution in [0.4, 0.5) is 14.9 Å². The van der Waals surface area contributed by atoms with Crippen LogP contribution < -0.4 is 4.90 Å². The van der Waals surface area contributed by atoms with Crippen molar-refractivity contribution < 1.29 is 23.8 Å². The summed E-state index contributed by atoms with van der Waals surface area (Å²) in [7, 11) is 0. The zero-order valence-electron chi connectivity index (χ0n) is 9.51. The number of carbonyl (C=O) groups excluding carboxylic acids is 1. The number of amides is 1. The molecule has 5 nitrogen and oxygen atoms in total. The Hall–Kier alpha value is -2.11. The lowest BCUT2D eigenvalue weighted by molar-refractivity contribution is -0.137. The van der Waals surface area contributed by atoms with Gasteiger partial charge in [0.2, 0.25) is 0 Å². The molecular weight excluding hydrogens is 241 g/mol. The van der Waals surface area contributed by atoms with E-state index in [1.165, 1.54) is 23.1 Å². The lowest BCUT2D eigenvalue weighted by atomic mass is 10.1. The normalized spacial score (nSPS) is 19.5. The first kappa shape index (κ1) is 12.3. The van der Waals surface area contributed by atoms with Crippen LogP contribution in [0.5, 0.6) is 0 Å². The van der Waals surface area contributed by atoms with Gasteiger partial charge in [-0.3, -0.25) is 9.69 Å². The average Bonchev–Trinajstić information content (AvgIpc) is 2.28. The van der Waals surface area contributed by atoms with E-state index in [2.05, 4.69) is 0 Å². The van der Waals surface area contributed by atoms with Gasteiger partial charge in [-0.05, 0) is 18.2 Å². The Morgan fingerprint density at radius 1 is 1.56 bits per heavy atom. The minimum atomic E-state index is -1.00. The largest absolute Gasteiger partial charge is 0.481 e. The summed E-state index contributed by atoms with van der Waals surface area (Å²) in [6.07, 6.45) is -0.418. The summed E-state index contributed by atoms with van der Waals surface area (Å²) in [5.41, 5.74) is 0.311. The maximum atomic E-state index is 13.1. The molecule has 96 valence electrons. The van der Waals surface area contributed by atoms with Gasteiger partial charge < -0.3 is 9.84 Å². The molecule has 1 aromatic carbocycles. The lowest BCUT2D eigenvalue weighted by Crippen LogP contribution is -2.46. The maximum absolute atomic E-state index is 13.1. The minimum absolute atomic E-state index is 0.183. The topological polar surface area (TPSA) is 66.8 Å². The van der Waals surface area contributed by atoms with Gasteiger partial charge in [-0.2, -0.15) is 0 Å². The van der Waals surface area contributed by atoms with Crippen molar-refractivity contribution in [1.82, 2.24) is 0 Å². The first-order valence-corrected chi connectivity index (χ1v) is 5.51. The lowest BCUT2D eigenvalue weighted by Gasteiger charge is -2.34. The van der Waals surface area contributed by atoms with E-state index in [4.69, 9.17) is 9.84 Å². The average molecular weight is 253 g/mol. The van der Waals surface area contributed by atoms with Crippen LogP contribution in [0, 0.1) is 5.82 Å². The van der Waals surface area contributed by atoms with Crippen molar-refractivity contribution in [1.29, 1.82) is 0 Å². The van der Waals surface area contributed by atoms with Crippen LogP contribution >= 0.6 is 0 Å². The number of aliphatic carboxylic acids is 1. The van der Waals surface area contributed by atoms with Crippen molar-refractivity contribution in [2.24, 2.45) is 0 Å². The van der Waals surface area contributed by atoms with Crippen molar-refractivity contribution in [2.45, 2.75) is 18.9 Å². The summed E-state index contributed by atoms with van der Waals surface area (Å²) < 4.78 is 18.0. The fraction of sp³-hybridized carbons (Fsp3) is 0.333. The second-order valence-corrected chi connectivity index (χ2v) is 4.00. The first-order valence-electron chi connectivity index (χ1n) is 5.51. The van der Waals surface area contributed by atoms with E-state index >= 15 is 0 Å². The smallest absolute Gasteiger partial charge is 0.414 e. The van der Waals surface area contributed by atoms with Gasteiger partial charge in [0.1, 0.15) is 5.82 Å². The number of nitrogens with zero attached hydrogens (tertiary/aromatic N) is 1. The highest BCUT2D eigenvalue weighted by atomic mass is 19.1. The molecule has 0 bridgehead atoms. The summed E-state index contributed by atoms with van der Waals surface area (Å²) in [4.78, 5) is 23.6. The van der Waals surface area contributed by atoms with Gasteiger partial charge in [0, 0.05) is 6.42 Å². The molecule has 18 heavy (non-hydrogen) atoms. The SMILES string of the molecule is O=C(O)CC1CCOC(=O)N1c1cccc(F)c1. The van der Waals surface area contributed by atoms with Crippen LogP contribution in [-0.2, 0) is 9.53 Å². The molecule has 2 rings (SSSR count). The van der Waals surface area contributed by atoms with Crippen molar-refractivity contribution in [3.8, 4) is 0 Å². The van der Waals surface area contributed by atoms with Gasteiger partial charge in [-0.1, -0.05) is 6.07 Å². The monoisotopic (exact) mass is 253 g/mol. The van der Waals surface area contributed by atoms with E-state index in [1.54, 1.807) is 6.07 Å². The number of carboxylic acids is 1. The quantitative estimate of drug-likeness (QED) is 0.894. The van der Waals surface area contributed by atoms with E-state index in [0.29, 0.717) is 12.1 Å². The van der Waals surface area contributed by atoms with Crippen molar-refractivity contribution in [3.05, 3.63) is 30.1 Å². The fourth-order valence-corrected chi connectivity index (χ4v) is 1.97. The highest BCUT2D eigenvalue weighted by molar-refractivity contribution is 5.89. The van der Waals surface area contributed by atoms with E-state index in [-0.39, 0.29) is 13.0 Å². The van der Waals surface area contributed by atoms with Gasteiger partial charge in [-0.15, -0.1) is 0 Å². The Labute approximate surface area is 103 Å². The zero-order chi connectivity index (χ0) is 13.1. The van der Waals surface area contributed by atoms with Crippen LogP contribution in [0.2, 0.25) is 0 Å². The summed E-state index contributed by atoms with van der Waals surface area (Å²) in [6.45, 7) is 0.183. The van der Waals surface area contributed by atoms with Gasteiger partial charge >= 0.3 is 12.1 Å². The summed E-state index contributed by atoms with van der Waals surface area (Å²) in [6, 6.07) is 4.94.